The molecule has 1 aliphatic heterocycles. The molecule has 0 saturated heterocycles. The number of ether oxygens (including phenoxy) is 1. The van der Waals surface area contributed by atoms with Crippen LogP contribution < -0.4 is 5.32 Å². The molecule has 0 bridgehead atoms. The lowest BCUT2D eigenvalue weighted by molar-refractivity contribution is 0.0521. The number of hydrogen-bond acceptors (Lipinski definition) is 7. The largest absolute Gasteiger partial charge is 0.444 e. The van der Waals surface area contributed by atoms with Gasteiger partial charge in [0.2, 0.25) is 15.0 Å². The maximum Gasteiger partial charge on any atom is 0.407 e. The van der Waals surface area contributed by atoms with Crippen LogP contribution in [0, 0.1) is 0 Å². The van der Waals surface area contributed by atoms with E-state index in [1.807, 2.05) is 20.8 Å². The molecule has 1 aliphatic rings. The molecule has 0 radical (unpaired) electrons. The predicted molar refractivity (Wildman–Crippen MR) is 88.4 cm³/mol. The van der Waals surface area contributed by atoms with E-state index in [4.69, 9.17) is 4.74 Å². The van der Waals surface area contributed by atoms with E-state index >= 15 is 0 Å². The molecular weight excluding hydrogens is 332 g/mol. The second kappa shape index (κ2) is 7.02. The van der Waals surface area contributed by atoms with Crippen molar-refractivity contribution >= 4 is 15.9 Å². The molecule has 1 aromatic heterocycles. The molecule has 2 rings (SSSR count). The van der Waals surface area contributed by atoms with Crippen molar-refractivity contribution in [1.82, 2.24) is 20.2 Å². The molecule has 1 amide bonds. The van der Waals surface area contributed by atoms with Gasteiger partial charge in [-0.05, 0) is 32.8 Å². The first-order valence-electron chi connectivity index (χ1n) is 7.79. The lowest BCUT2D eigenvalue weighted by Crippen LogP contribution is -2.40. The number of amides is 1. The monoisotopic (exact) mass is 356 g/mol. The minimum absolute atomic E-state index is 0.144. The fourth-order valence-electron chi connectivity index (χ4n) is 2.34. The van der Waals surface area contributed by atoms with E-state index in [0.717, 1.165) is 30.5 Å². The number of aromatic nitrogens is 2. The Morgan fingerprint density at radius 2 is 2.12 bits per heavy atom. The summed E-state index contributed by atoms with van der Waals surface area (Å²) in [4.78, 5) is 21.8. The third kappa shape index (κ3) is 5.41. The topological polar surface area (TPSA) is 101 Å². The van der Waals surface area contributed by atoms with Crippen molar-refractivity contribution < 1.29 is 17.9 Å². The maximum atomic E-state index is 11.6. The van der Waals surface area contributed by atoms with Gasteiger partial charge in [-0.15, -0.1) is 0 Å². The summed E-state index contributed by atoms with van der Waals surface area (Å²) in [6.45, 7) is 7.87. The fraction of sp³-hybridized carbons (Fsp3) is 0.667. The first-order valence-corrected chi connectivity index (χ1v) is 9.68. The standard InChI is InChI=1S/C15H24N4O4S/c1-15(2,3)23-14(20)16-6-8-19-7-5-11-9-17-13(24(4,21)22)18-12(11)10-19/h9H,5-8,10H2,1-4H3,(H,16,20). The summed E-state index contributed by atoms with van der Waals surface area (Å²) in [5, 5.41) is 2.57. The maximum absolute atomic E-state index is 11.6. The molecular formula is C15H24N4O4S. The summed E-state index contributed by atoms with van der Waals surface area (Å²) in [5.41, 5.74) is 1.18. The zero-order valence-electron chi connectivity index (χ0n) is 14.5. The first kappa shape index (κ1) is 18.6. The number of carbonyl (C=O) groups is 1. The van der Waals surface area contributed by atoms with E-state index in [2.05, 4.69) is 20.2 Å². The van der Waals surface area contributed by atoms with Crippen LogP contribution in [0.4, 0.5) is 4.79 Å². The van der Waals surface area contributed by atoms with Gasteiger partial charge in [-0.3, -0.25) is 4.90 Å². The summed E-state index contributed by atoms with van der Waals surface area (Å²) in [6.07, 6.45) is 3.00. The molecule has 8 nitrogen and oxygen atoms in total. The third-order valence-electron chi connectivity index (χ3n) is 3.43. The average Bonchev–Trinajstić information content (AvgIpc) is 2.43. The van der Waals surface area contributed by atoms with E-state index in [1.54, 1.807) is 6.20 Å². The van der Waals surface area contributed by atoms with Crippen LogP contribution in [-0.2, 0) is 27.5 Å². The van der Waals surface area contributed by atoms with Gasteiger partial charge in [-0.25, -0.2) is 23.2 Å². The molecule has 0 atom stereocenters. The minimum Gasteiger partial charge on any atom is -0.444 e. The minimum atomic E-state index is -3.41. The molecule has 1 aromatic rings. The van der Waals surface area contributed by atoms with Crippen molar-refractivity contribution in [2.24, 2.45) is 0 Å². The summed E-state index contributed by atoms with van der Waals surface area (Å²) >= 11 is 0. The Hall–Kier alpha value is -1.74. The summed E-state index contributed by atoms with van der Waals surface area (Å²) in [5.74, 6) is 0. The van der Waals surface area contributed by atoms with Crippen LogP contribution in [0.15, 0.2) is 11.4 Å². The van der Waals surface area contributed by atoms with Gasteiger partial charge in [-0.2, -0.15) is 0 Å². The quantitative estimate of drug-likeness (QED) is 0.795. The van der Waals surface area contributed by atoms with Crippen molar-refractivity contribution in [2.45, 2.75) is 44.5 Å². The molecule has 134 valence electrons. The van der Waals surface area contributed by atoms with Gasteiger partial charge in [0.05, 0.1) is 5.69 Å². The average molecular weight is 356 g/mol. The van der Waals surface area contributed by atoms with Crippen molar-refractivity contribution in [1.29, 1.82) is 0 Å². The molecule has 9 heteroatoms. The van der Waals surface area contributed by atoms with Gasteiger partial charge in [0.25, 0.3) is 0 Å². The smallest absolute Gasteiger partial charge is 0.407 e. The van der Waals surface area contributed by atoms with Crippen LogP contribution in [0.1, 0.15) is 32.0 Å². The zero-order valence-corrected chi connectivity index (χ0v) is 15.3. The Bertz CT molecular complexity index is 713. The number of carbonyl (C=O) groups excluding carboxylic acids is 1. The lowest BCUT2D eigenvalue weighted by Gasteiger charge is -2.28. The van der Waals surface area contributed by atoms with Gasteiger partial charge in [0, 0.05) is 38.6 Å². The number of fused-ring (bicyclic) bond motifs is 1. The molecule has 0 spiro atoms. The van der Waals surface area contributed by atoms with Gasteiger partial charge in [-0.1, -0.05) is 0 Å². The molecule has 1 N–H and O–H groups in total. The second-order valence-corrected chi connectivity index (χ2v) is 8.76. The second-order valence-electron chi connectivity index (χ2n) is 6.85. The van der Waals surface area contributed by atoms with Crippen molar-refractivity contribution in [3.63, 3.8) is 0 Å². The van der Waals surface area contributed by atoms with Crippen LogP contribution in [0.5, 0.6) is 0 Å². The molecule has 0 fully saturated rings. The predicted octanol–water partition coefficient (Wildman–Crippen LogP) is 0.763. The molecule has 2 heterocycles. The van der Waals surface area contributed by atoms with Gasteiger partial charge < -0.3 is 10.1 Å². The molecule has 0 aliphatic carbocycles. The Kier molecular flexibility index (Phi) is 5.44. The van der Waals surface area contributed by atoms with E-state index in [-0.39, 0.29) is 5.16 Å². The zero-order chi connectivity index (χ0) is 18.0. The number of sulfone groups is 1. The lowest BCUT2D eigenvalue weighted by atomic mass is 10.1. The molecule has 0 aromatic carbocycles. The molecule has 0 unspecified atom stereocenters. The number of alkyl carbamates (subject to hydrolysis) is 1. The Balaban J connectivity index is 1.89. The Morgan fingerprint density at radius 1 is 1.42 bits per heavy atom. The number of nitrogens with zero attached hydrogens (tertiary/aromatic N) is 3. The normalized spacial score (nSPS) is 15.7. The van der Waals surface area contributed by atoms with Crippen LogP contribution >= 0.6 is 0 Å². The van der Waals surface area contributed by atoms with Gasteiger partial charge >= 0.3 is 6.09 Å². The highest BCUT2D eigenvalue weighted by Gasteiger charge is 2.21. The Morgan fingerprint density at radius 3 is 2.75 bits per heavy atom. The van der Waals surface area contributed by atoms with Crippen molar-refractivity contribution in [3.05, 3.63) is 17.5 Å². The van der Waals surface area contributed by atoms with E-state index < -0.39 is 21.5 Å². The highest BCUT2D eigenvalue weighted by Crippen LogP contribution is 2.17. The number of hydrogen-bond donors (Lipinski definition) is 1. The van der Waals surface area contributed by atoms with Gasteiger partial charge in [0.15, 0.2) is 0 Å². The number of rotatable bonds is 4. The van der Waals surface area contributed by atoms with Crippen molar-refractivity contribution in [3.8, 4) is 0 Å². The van der Waals surface area contributed by atoms with Crippen molar-refractivity contribution in [2.75, 3.05) is 25.9 Å². The van der Waals surface area contributed by atoms with Crippen LogP contribution in [0.2, 0.25) is 0 Å². The van der Waals surface area contributed by atoms with Crippen LogP contribution in [0.3, 0.4) is 0 Å². The summed E-state index contributed by atoms with van der Waals surface area (Å²) < 4.78 is 28.3. The summed E-state index contributed by atoms with van der Waals surface area (Å²) in [7, 11) is -3.41. The van der Waals surface area contributed by atoms with E-state index in [0.29, 0.717) is 19.6 Å². The Labute approximate surface area is 142 Å². The van der Waals surface area contributed by atoms with Crippen LogP contribution in [0.25, 0.3) is 0 Å². The summed E-state index contributed by atoms with van der Waals surface area (Å²) in [6, 6.07) is 0. The SMILES string of the molecule is CC(C)(C)OC(=O)NCCN1CCc2cnc(S(C)(=O)=O)nc2C1. The van der Waals surface area contributed by atoms with Crippen LogP contribution in [-0.4, -0.2) is 60.9 Å². The van der Waals surface area contributed by atoms with Gasteiger partial charge in [0.1, 0.15) is 5.60 Å². The van der Waals surface area contributed by atoms with E-state index in [1.165, 1.54) is 0 Å². The third-order valence-corrected chi connectivity index (χ3v) is 4.29. The molecule has 0 saturated carbocycles. The highest BCUT2D eigenvalue weighted by atomic mass is 32.2. The fourth-order valence-corrected chi connectivity index (χ4v) is 2.86. The van der Waals surface area contributed by atoms with E-state index in [9.17, 15) is 13.2 Å². The highest BCUT2D eigenvalue weighted by molar-refractivity contribution is 7.90. The first-order chi connectivity index (χ1) is 11.0. The molecule has 24 heavy (non-hydrogen) atoms. The number of nitrogens with one attached hydrogen (secondary N) is 1.